The highest BCUT2D eigenvalue weighted by Crippen LogP contribution is 2.24. The van der Waals surface area contributed by atoms with E-state index < -0.39 is 0 Å². The van der Waals surface area contributed by atoms with Crippen molar-refractivity contribution in [2.45, 2.75) is 6.42 Å². The quantitative estimate of drug-likeness (QED) is 0.480. The van der Waals surface area contributed by atoms with Gasteiger partial charge in [-0.05, 0) is 59.0 Å². The summed E-state index contributed by atoms with van der Waals surface area (Å²) < 4.78 is 3.22. The zero-order valence-corrected chi connectivity index (χ0v) is 14.0. The van der Waals surface area contributed by atoms with Crippen molar-refractivity contribution in [1.82, 2.24) is 9.55 Å². The Labute approximate surface area is 141 Å². The number of fused-ring (bicyclic) bond motifs is 1. The number of hydrogen-bond acceptors (Lipinski definition) is 2. The Morgan fingerprint density at radius 3 is 2.86 bits per heavy atom. The molecular formula is C16H11ClIN3. The van der Waals surface area contributed by atoms with Gasteiger partial charge in [-0.15, -0.1) is 11.6 Å². The lowest BCUT2D eigenvalue weighted by Crippen LogP contribution is -2.02. The standard InChI is InChI=1S/C16H11ClIN3/c17-7-6-16-20-14-9-12(18)4-5-15(14)21(16)13-3-1-2-11(8-13)10-19/h1-5,8-9H,6-7H2. The first kappa shape index (κ1) is 14.4. The highest BCUT2D eigenvalue weighted by molar-refractivity contribution is 14.1. The zero-order valence-electron chi connectivity index (χ0n) is 11.1. The molecule has 0 saturated carbocycles. The third kappa shape index (κ3) is 2.76. The van der Waals surface area contributed by atoms with Gasteiger partial charge in [-0.25, -0.2) is 4.98 Å². The van der Waals surface area contributed by atoms with E-state index in [0.29, 0.717) is 17.9 Å². The second kappa shape index (κ2) is 6.04. The van der Waals surface area contributed by atoms with E-state index >= 15 is 0 Å². The number of halogens is 2. The number of rotatable bonds is 3. The summed E-state index contributed by atoms with van der Waals surface area (Å²) in [7, 11) is 0. The number of aryl methyl sites for hydroxylation is 1. The number of benzene rings is 2. The third-order valence-corrected chi connectivity index (χ3v) is 4.10. The van der Waals surface area contributed by atoms with E-state index in [2.05, 4.69) is 56.4 Å². The van der Waals surface area contributed by atoms with Gasteiger partial charge in [0.2, 0.25) is 0 Å². The second-order valence-corrected chi connectivity index (χ2v) is 6.22. The molecular weight excluding hydrogens is 397 g/mol. The first-order valence-corrected chi connectivity index (χ1v) is 8.07. The lowest BCUT2D eigenvalue weighted by Gasteiger charge is -2.09. The summed E-state index contributed by atoms with van der Waals surface area (Å²) in [5.74, 6) is 1.43. The number of imidazole rings is 1. The fourth-order valence-electron chi connectivity index (χ4n) is 2.36. The molecule has 0 unspecified atom stereocenters. The maximum Gasteiger partial charge on any atom is 0.115 e. The summed E-state index contributed by atoms with van der Waals surface area (Å²) in [5.41, 5.74) is 3.56. The van der Waals surface area contributed by atoms with Crippen LogP contribution in [0.2, 0.25) is 0 Å². The largest absolute Gasteiger partial charge is 0.296 e. The summed E-state index contributed by atoms with van der Waals surface area (Å²) in [6, 6.07) is 15.9. The summed E-state index contributed by atoms with van der Waals surface area (Å²) in [5, 5.41) is 9.08. The summed E-state index contributed by atoms with van der Waals surface area (Å²) in [4.78, 5) is 4.69. The van der Waals surface area contributed by atoms with Crippen LogP contribution in [0, 0.1) is 14.9 Å². The highest BCUT2D eigenvalue weighted by atomic mass is 127. The molecule has 0 aliphatic rings. The van der Waals surface area contributed by atoms with E-state index in [1.54, 1.807) is 6.07 Å². The summed E-state index contributed by atoms with van der Waals surface area (Å²) >= 11 is 8.18. The van der Waals surface area contributed by atoms with Gasteiger partial charge in [-0.1, -0.05) is 6.07 Å². The van der Waals surface area contributed by atoms with E-state index in [1.165, 1.54) is 0 Å². The second-order valence-electron chi connectivity index (χ2n) is 4.60. The van der Waals surface area contributed by atoms with Crippen LogP contribution in [0.3, 0.4) is 0 Å². The average molecular weight is 408 g/mol. The molecule has 0 aliphatic heterocycles. The number of nitriles is 1. The minimum absolute atomic E-state index is 0.512. The minimum Gasteiger partial charge on any atom is -0.296 e. The van der Waals surface area contributed by atoms with Gasteiger partial charge in [0, 0.05) is 21.6 Å². The van der Waals surface area contributed by atoms with Crippen LogP contribution < -0.4 is 0 Å². The molecule has 1 aromatic heterocycles. The molecule has 0 bridgehead atoms. The molecule has 3 rings (SSSR count). The normalized spacial score (nSPS) is 10.7. The van der Waals surface area contributed by atoms with Crippen molar-refractivity contribution >= 4 is 45.2 Å². The van der Waals surface area contributed by atoms with Gasteiger partial charge in [0.15, 0.2) is 0 Å². The fraction of sp³-hybridized carbons (Fsp3) is 0.125. The van der Waals surface area contributed by atoms with Gasteiger partial charge in [0.1, 0.15) is 5.82 Å². The van der Waals surface area contributed by atoms with Gasteiger partial charge in [0.05, 0.1) is 22.7 Å². The topological polar surface area (TPSA) is 41.6 Å². The Kier molecular flexibility index (Phi) is 4.13. The van der Waals surface area contributed by atoms with E-state index in [4.69, 9.17) is 16.9 Å². The van der Waals surface area contributed by atoms with Crippen molar-refractivity contribution in [3.8, 4) is 11.8 Å². The lowest BCUT2D eigenvalue weighted by atomic mass is 10.2. The van der Waals surface area contributed by atoms with Gasteiger partial charge in [-0.3, -0.25) is 4.57 Å². The fourth-order valence-corrected chi connectivity index (χ4v) is 3.00. The van der Waals surface area contributed by atoms with Gasteiger partial charge in [-0.2, -0.15) is 5.26 Å². The van der Waals surface area contributed by atoms with Crippen molar-refractivity contribution in [2.24, 2.45) is 0 Å². The molecule has 3 nitrogen and oxygen atoms in total. The Bertz CT molecular complexity index is 848. The number of hydrogen-bond donors (Lipinski definition) is 0. The smallest absolute Gasteiger partial charge is 0.115 e. The molecule has 5 heteroatoms. The molecule has 1 heterocycles. The molecule has 0 aliphatic carbocycles. The van der Waals surface area contributed by atoms with Crippen LogP contribution in [0.25, 0.3) is 16.7 Å². The Morgan fingerprint density at radius 2 is 2.10 bits per heavy atom. The maximum absolute atomic E-state index is 9.08. The minimum atomic E-state index is 0.512. The molecule has 3 aromatic rings. The zero-order chi connectivity index (χ0) is 14.8. The average Bonchev–Trinajstić information content (AvgIpc) is 2.84. The summed E-state index contributed by atoms with van der Waals surface area (Å²) in [6.07, 6.45) is 0.684. The van der Waals surface area contributed by atoms with Gasteiger partial charge in [0.25, 0.3) is 0 Å². The van der Waals surface area contributed by atoms with Crippen LogP contribution in [-0.2, 0) is 6.42 Å². The molecule has 104 valence electrons. The molecule has 0 fully saturated rings. The predicted octanol–water partition coefficient (Wildman–Crippen LogP) is 4.28. The Morgan fingerprint density at radius 1 is 1.24 bits per heavy atom. The van der Waals surface area contributed by atoms with Crippen LogP contribution in [0.5, 0.6) is 0 Å². The number of alkyl halides is 1. The lowest BCUT2D eigenvalue weighted by molar-refractivity contribution is 0.912. The molecule has 0 radical (unpaired) electrons. The molecule has 0 atom stereocenters. The van der Waals surface area contributed by atoms with E-state index in [-0.39, 0.29) is 0 Å². The van der Waals surface area contributed by atoms with Crippen molar-refractivity contribution in [2.75, 3.05) is 5.88 Å². The SMILES string of the molecule is N#Cc1cccc(-n2c(CCCl)nc3cc(I)ccc32)c1. The van der Waals surface area contributed by atoms with Crippen LogP contribution in [0.15, 0.2) is 42.5 Å². The monoisotopic (exact) mass is 407 g/mol. The molecule has 21 heavy (non-hydrogen) atoms. The van der Waals surface area contributed by atoms with Crippen molar-refractivity contribution < 1.29 is 0 Å². The molecule has 0 N–H and O–H groups in total. The molecule has 2 aromatic carbocycles. The highest BCUT2D eigenvalue weighted by Gasteiger charge is 2.12. The number of nitrogens with zero attached hydrogens (tertiary/aromatic N) is 3. The number of aromatic nitrogens is 2. The van der Waals surface area contributed by atoms with E-state index in [0.717, 1.165) is 26.1 Å². The maximum atomic E-state index is 9.08. The van der Waals surface area contributed by atoms with Crippen molar-refractivity contribution in [1.29, 1.82) is 5.26 Å². The Hall–Kier alpha value is -1.58. The first-order valence-electron chi connectivity index (χ1n) is 6.46. The van der Waals surface area contributed by atoms with Crippen LogP contribution in [0.1, 0.15) is 11.4 Å². The predicted molar refractivity (Wildman–Crippen MR) is 92.9 cm³/mol. The summed E-state index contributed by atoms with van der Waals surface area (Å²) in [6.45, 7) is 0. The third-order valence-electron chi connectivity index (χ3n) is 3.24. The van der Waals surface area contributed by atoms with Gasteiger partial charge >= 0.3 is 0 Å². The van der Waals surface area contributed by atoms with Crippen molar-refractivity contribution in [3.05, 3.63) is 57.4 Å². The molecule has 0 amide bonds. The van der Waals surface area contributed by atoms with Crippen molar-refractivity contribution in [3.63, 3.8) is 0 Å². The molecule has 0 spiro atoms. The van der Waals surface area contributed by atoms with Crippen LogP contribution in [0.4, 0.5) is 0 Å². The van der Waals surface area contributed by atoms with E-state index in [1.807, 2.05) is 18.2 Å². The van der Waals surface area contributed by atoms with E-state index in [9.17, 15) is 0 Å². The molecule has 0 saturated heterocycles. The van der Waals surface area contributed by atoms with Crippen LogP contribution in [-0.4, -0.2) is 15.4 Å². The van der Waals surface area contributed by atoms with Crippen LogP contribution >= 0.6 is 34.2 Å². The van der Waals surface area contributed by atoms with Gasteiger partial charge < -0.3 is 0 Å². The Balaban J connectivity index is 2.28. The first-order chi connectivity index (χ1) is 10.2.